The van der Waals surface area contributed by atoms with E-state index in [0.29, 0.717) is 24.2 Å². The summed E-state index contributed by atoms with van der Waals surface area (Å²) in [7, 11) is -4.16. The number of sulfonamides is 1. The number of hydrogen-bond acceptors (Lipinski definition) is 7. The third-order valence-corrected chi connectivity index (χ3v) is 5.62. The number of halogens is 4. The molecule has 0 amide bonds. The maximum atomic E-state index is 13.4. The van der Waals surface area contributed by atoms with Crippen LogP contribution < -0.4 is 10.0 Å². The smallest absolute Gasteiger partial charge is 0.336 e. The largest absolute Gasteiger partial charge is 0.405 e. The summed E-state index contributed by atoms with van der Waals surface area (Å²) in [5.74, 6) is 0. The topological polar surface area (TPSA) is 100 Å². The van der Waals surface area contributed by atoms with E-state index < -0.39 is 28.8 Å². The molecule has 0 spiro atoms. The summed E-state index contributed by atoms with van der Waals surface area (Å²) in [6, 6.07) is -0.613. The molecule has 1 aliphatic heterocycles. The van der Waals surface area contributed by atoms with Crippen LogP contribution in [0.25, 0.3) is 11.1 Å². The van der Waals surface area contributed by atoms with E-state index in [0.717, 1.165) is 6.20 Å². The third-order valence-electron chi connectivity index (χ3n) is 4.23. The van der Waals surface area contributed by atoms with Gasteiger partial charge >= 0.3 is 6.18 Å². The van der Waals surface area contributed by atoms with Crippen molar-refractivity contribution >= 4 is 33.5 Å². The van der Waals surface area contributed by atoms with Gasteiger partial charge in [0, 0.05) is 32.7 Å². The molecule has 2 aromatic rings. The number of alkyl halides is 3. The Labute approximate surface area is 159 Å². The van der Waals surface area contributed by atoms with E-state index in [-0.39, 0.29) is 36.1 Å². The lowest BCUT2D eigenvalue weighted by Crippen LogP contribution is -2.57. The van der Waals surface area contributed by atoms with Crippen LogP contribution in [-0.4, -0.2) is 68.4 Å². The van der Waals surface area contributed by atoms with Crippen LogP contribution in [0, 0.1) is 6.92 Å². The van der Waals surface area contributed by atoms with Crippen molar-refractivity contribution in [2.24, 2.45) is 0 Å². The predicted molar refractivity (Wildman–Crippen MR) is 93.3 cm³/mol. The molecule has 0 aliphatic carbocycles. The van der Waals surface area contributed by atoms with E-state index in [1.807, 2.05) is 0 Å². The van der Waals surface area contributed by atoms with E-state index in [2.05, 4.69) is 20.2 Å². The second-order valence-corrected chi connectivity index (χ2v) is 7.75. The zero-order valence-electron chi connectivity index (χ0n) is 14.3. The van der Waals surface area contributed by atoms with Crippen LogP contribution >= 0.6 is 12.4 Å². The number of hydrogen-bond donors (Lipinski definition) is 2. The molecule has 152 valence electrons. The molecule has 0 radical (unpaired) electrons. The first-order valence-corrected chi connectivity index (χ1v) is 9.40. The van der Waals surface area contributed by atoms with Gasteiger partial charge < -0.3 is 9.84 Å². The van der Waals surface area contributed by atoms with Crippen LogP contribution in [-0.2, 0) is 10.0 Å². The van der Waals surface area contributed by atoms with Crippen LogP contribution in [0.3, 0.4) is 0 Å². The van der Waals surface area contributed by atoms with Crippen molar-refractivity contribution in [1.29, 1.82) is 0 Å². The highest BCUT2D eigenvalue weighted by molar-refractivity contribution is 7.89. The minimum absolute atomic E-state index is 0. The minimum atomic E-state index is -4.55. The van der Waals surface area contributed by atoms with Crippen molar-refractivity contribution in [2.75, 3.05) is 32.7 Å². The second-order valence-electron chi connectivity index (χ2n) is 5.99. The van der Waals surface area contributed by atoms with Crippen LogP contribution in [0.5, 0.6) is 0 Å². The Morgan fingerprint density at radius 2 is 2.04 bits per heavy atom. The van der Waals surface area contributed by atoms with Crippen LogP contribution in [0.2, 0.25) is 0 Å². The summed E-state index contributed by atoms with van der Waals surface area (Å²) < 4.78 is 71.9. The molecule has 2 aromatic heterocycles. The SMILES string of the molecule is Cc1noc2ncc(S(=O)(=O)NCC(N3CCNCC3)C(F)(F)F)cc12.Cl. The zero-order chi connectivity index (χ0) is 18.9. The molecule has 1 saturated heterocycles. The Morgan fingerprint density at radius 3 is 2.67 bits per heavy atom. The highest BCUT2D eigenvalue weighted by atomic mass is 35.5. The van der Waals surface area contributed by atoms with Crippen molar-refractivity contribution < 1.29 is 26.1 Å². The number of rotatable bonds is 5. The Morgan fingerprint density at radius 1 is 1.37 bits per heavy atom. The number of pyridine rings is 1. The van der Waals surface area contributed by atoms with Crippen molar-refractivity contribution in [2.45, 2.75) is 24.0 Å². The van der Waals surface area contributed by atoms with E-state index in [4.69, 9.17) is 4.52 Å². The zero-order valence-corrected chi connectivity index (χ0v) is 15.9. The highest BCUT2D eigenvalue weighted by Gasteiger charge is 2.44. The summed E-state index contributed by atoms with van der Waals surface area (Å²) in [6.45, 7) is 2.08. The van der Waals surface area contributed by atoms with Gasteiger partial charge in [-0.1, -0.05) is 5.16 Å². The number of nitrogens with one attached hydrogen (secondary N) is 2. The standard InChI is InChI=1S/C14H18F3N5O3S.ClH/c1-9-11-6-10(7-19-13(11)25-21-9)26(23,24)20-8-12(14(15,16)17)22-4-2-18-3-5-22;/h6-7,12,18,20H,2-5,8H2,1H3;1H. The lowest BCUT2D eigenvalue weighted by molar-refractivity contribution is -0.182. The first-order valence-electron chi connectivity index (χ1n) is 7.91. The normalized spacial score (nSPS) is 17.6. The molecule has 1 unspecified atom stereocenters. The molecule has 0 saturated carbocycles. The molecule has 0 aromatic carbocycles. The van der Waals surface area contributed by atoms with E-state index in [1.54, 1.807) is 6.92 Å². The summed E-state index contributed by atoms with van der Waals surface area (Å²) in [4.78, 5) is 4.83. The molecule has 0 bridgehead atoms. The number of aromatic nitrogens is 2. The number of nitrogens with zero attached hydrogens (tertiary/aromatic N) is 3. The summed E-state index contributed by atoms with van der Waals surface area (Å²) in [6.07, 6.45) is -3.52. The molecule has 13 heteroatoms. The molecular formula is C14H19ClF3N5O3S. The van der Waals surface area contributed by atoms with Crippen molar-refractivity contribution in [1.82, 2.24) is 25.1 Å². The van der Waals surface area contributed by atoms with Crippen LogP contribution in [0.4, 0.5) is 13.2 Å². The Balaban J connectivity index is 0.00000261. The summed E-state index contributed by atoms with van der Waals surface area (Å²) in [5.41, 5.74) is 0.606. The fraction of sp³-hybridized carbons (Fsp3) is 0.571. The molecule has 27 heavy (non-hydrogen) atoms. The molecular weight excluding hydrogens is 411 g/mol. The van der Waals surface area contributed by atoms with Gasteiger partial charge in [-0.25, -0.2) is 18.1 Å². The van der Waals surface area contributed by atoms with E-state index >= 15 is 0 Å². The van der Waals surface area contributed by atoms with Crippen molar-refractivity contribution in [3.8, 4) is 0 Å². The van der Waals surface area contributed by atoms with E-state index in [1.165, 1.54) is 11.0 Å². The first-order chi connectivity index (χ1) is 12.2. The van der Waals surface area contributed by atoms with Gasteiger partial charge in [-0.15, -0.1) is 12.4 Å². The lowest BCUT2D eigenvalue weighted by atomic mass is 10.2. The van der Waals surface area contributed by atoms with Crippen molar-refractivity contribution in [3.63, 3.8) is 0 Å². The van der Waals surface area contributed by atoms with Gasteiger partial charge in [-0.3, -0.25) is 4.90 Å². The highest BCUT2D eigenvalue weighted by Crippen LogP contribution is 2.25. The van der Waals surface area contributed by atoms with Gasteiger partial charge in [0.05, 0.1) is 17.3 Å². The quantitative estimate of drug-likeness (QED) is 0.733. The van der Waals surface area contributed by atoms with Gasteiger partial charge in [-0.05, 0) is 13.0 Å². The fourth-order valence-corrected chi connectivity index (χ4v) is 3.80. The van der Waals surface area contributed by atoms with Gasteiger partial charge in [0.25, 0.3) is 5.71 Å². The second kappa shape index (κ2) is 8.27. The van der Waals surface area contributed by atoms with E-state index in [9.17, 15) is 21.6 Å². The third kappa shape index (κ3) is 4.88. The Kier molecular flexibility index (Phi) is 6.68. The Bertz CT molecular complexity index is 884. The molecule has 8 nitrogen and oxygen atoms in total. The predicted octanol–water partition coefficient (Wildman–Crippen LogP) is 1.07. The van der Waals surface area contributed by atoms with Crippen molar-refractivity contribution in [3.05, 3.63) is 18.0 Å². The van der Waals surface area contributed by atoms with Crippen LogP contribution in [0.15, 0.2) is 21.7 Å². The molecule has 1 fully saturated rings. The monoisotopic (exact) mass is 429 g/mol. The summed E-state index contributed by atoms with van der Waals surface area (Å²) >= 11 is 0. The van der Waals surface area contributed by atoms with Crippen LogP contribution in [0.1, 0.15) is 5.69 Å². The molecule has 1 atom stereocenters. The molecule has 3 rings (SSSR count). The first kappa shape index (κ1) is 21.8. The van der Waals surface area contributed by atoms with Gasteiger partial charge in [0.2, 0.25) is 10.0 Å². The number of fused-ring (bicyclic) bond motifs is 1. The minimum Gasteiger partial charge on any atom is -0.336 e. The van der Waals surface area contributed by atoms with Gasteiger partial charge in [0.15, 0.2) is 0 Å². The van der Waals surface area contributed by atoms with Gasteiger partial charge in [-0.2, -0.15) is 13.2 Å². The number of aryl methyl sites for hydroxylation is 1. The lowest BCUT2D eigenvalue weighted by Gasteiger charge is -2.35. The van der Waals surface area contributed by atoms with Gasteiger partial charge in [0.1, 0.15) is 10.9 Å². The maximum absolute atomic E-state index is 13.4. The molecule has 2 N–H and O–H groups in total. The average molecular weight is 430 g/mol. The fourth-order valence-electron chi connectivity index (χ4n) is 2.79. The average Bonchev–Trinajstić information content (AvgIpc) is 2.95. The number of piperazine rings is 1. The molecule has 3 heterocycles. The maximum Gasteiger partial charge on any atom is 0.405 e. The Hall–Kier alpha value is -1.47. The molecule has 1 aliphatic rings. The summed E-state index contributed by atoms with van der Waals surface area (Å²) in [5, 5.41) is 7.03.